The van der Waals surface area contributed by atoms with Gasteiger partial charge in [0, 0.05) is 0 Å². The molecular formula is C18H28O4. The van der Waals surface area contributed by atoms with Crippen molar-refractivity contribution in [1.29, 1.82) is 0 Å². The molecule has 1 aliphatic rings. The van der Waals surface area contributed by atoms with Crippen LogP contribution in [0.3, 0.4) is 0 Å². The molecule has 0 N–H and O–H groups in total. The van der Waals surface area contributed by atoms with Crippen LogP contribution in [0.4, 0.5) is 0 Å². The molecule has 0 unspecified atom stereocenters. The summed E-state index contributed by atoms with van der Waals surface area (Å²) in [4.78, 5) is 24.5. The average molecular weight is 308 g/mol. The minimum Gasteiger partial charge on any atom is -0.462 e. The summed E-state index contributed by atoms with van der Waals surface area (Å²) in [5.41, 5.74) is 1.95. The van der Waals surface area contributed by atoms with Crippen molar-refractivity contribution in [2.24, 2.45) is 0 Å². The molecule has 1 aliphatic carbocycles. The summed E-state index contributed by atoms with van der Waals surface area (Å²) in [6, 6.07) is 0. The lowest BCUT2D eigenvalue weighted by Gasteiger charge is -2.11. The monoisotopic (exact) mass is 308 g/mol. The van der Waals surface area contributed by atoms with E-state index in [4.69, 9.17) is 9.47 Å². The Kier molecular flexibility index (Phi) is 8.56. The summed E-state index contributed by atoms with van der Waals surface area (Å²) >= 11 is 0. The minimum atomic E-state index is -0.405. The molecule has 0 atom stereocenters. The van der Waals surface area contributed by atoms with E-state index in [2.05, 4.69) is 0 Å². The molecule has 0 saturated heterocycles. The van der Waals surface area contributed by atoms with E-state index in [1.165, 1.54) is 0 Å². The van der Waals surface area contributed by atoms with Crippen molar-refractivity contribution in [2.75, 3.05) is 13.2 Å². The second kappa shape index (κ2) is 10.2. The SMILES string of the molecule is CCCCOC(=O)C1=C(C(=O)OCCCC)CCCC(C)=C1. The number of carbonyl (C=O) groups is 2. The van der Waals surface area contributed by atoms with Crippen molar-refractivity contribution in [2.45, 2.75) is 65.7 Å². The Morgan fingerprint density at radius 1 is 1.00 bits per heavy atom. The smallest absolute Gasteiger partial charge is 0.338 e. The van der Waals surface area contributed by atoms with Crippen LogP contribution in [0.2, 0.25) is 0 Å². The van der Waals surface area contributed by atoms with Gasteiger partial charge in [-0.25, -0.2) is 9.59 Å². The summed E-state index contributed by atoms with van der Waals surface area (Å²) in [5.74, 6) is -0.779. The highest BCUT2D eigenvalue weighted by molar-refractivity contribution is 6.02. The predicted molar refractivity (Wildman–Crippen MR) is 86.4 cm³/mol. The molecule has 4 heteroatoms. The highest BCUT2D eigenvalue weighted by Crippen LogP contribution is 2.25. The van der Waals surface area contributed by atoms with E-state index in [0.717, 1.165) is 44.1 Å². The Bertz CT molecular complexity index is 446. The number of ether oxygens (including phenoxy) is 2. The standard InChI is InChI=1S/C18H28O4/c1-4-6-11-21-17(19)15-10-8-9-14(3)13-16(15)18(20)22-12-7-5-2/h13H,4-12H2,1-3H3. The number of hydrogen-bond acceptors (Lipinski definition) is 4. The second-order valence-corrected chi connectivity index (χ2v) is 5.72. The zero-order chi connectivity index (χ0) is 16.4. The lowest BCUT2D eigenvalue weighted by Crippen LogP contribution is -2.16. The van der Waals surface area contributed by atoms with Gasteiger partial charge in [0.15, 0.2) is 0 Å². The normalized spacial score (nSPS) is 15.1. The van der Waals surface area contributed by atoms with Gasteiger partial charge in [-0.15, -0.1) is 0 Å². The third-order valence-electron chi connectivity index (χ3n) is 3.64. The highest BCUT2D eigenvalue weighted by Gasteiger charge is 2.23. The van der Waals surface area contributed by atoms with Gasteiger partial charge in [0.2, 0.25) is 0 Å². The number of allylic oxidation sites excluding steroid dienone is 1. The lowest BCUT2D eigenvalue weighted by atomic mass is 10.0. The molecule has 124 valence electrons. The quantitative estimate of drug-likeness (QED) is 0.500. The molecule has 0 fully saturated rings. The second-order valence-electron chi connectivity index (χ2n) is 5.72. The molecular weight excluding hydrogens is 280 g/mol. The molecule has 4 nitrogen and oxygen atoms in total. The zero-order valence-electron chi connectivity index (χ0n) is 14.1. The fraction of sp³-hybridized carbons (Fsp3) is 0.667. The average Bonchev–Trinajstić information content (AvgIpc) is 2.69. The maximum Gasteiger partial charge on any atom is 0.338 e. The van der Waals surface area contributed by atoms with Gasteiger partial charge in [0.25, 0.3) is 0 Å². The van der Waals surface area contributed by atoms with Crippen molar-refractivity contribution >= 4 is 11.9 Å². The van der Waals surface area contributed by atoms with Crippen LogP contribution >= 0.6 is 0 Å². The molecule has 1 rings (SSSR count). The van der Waals surface area contributed by atoms with E-state index in [1.54, 1.807) is 6.08 Å². The third kappa shape index (κ3) is 6.04. The lowest BCUT2D eigenvalue weighted by molar-refractivity contribution is -0.142. The molecule has 0 amide bonds. The fourth-order valence-corrected chi connectivity index (χ4v) is 2.26. The predicted octanol–water partition coefficient (Wildman–Crippen LogP) is 4.10. The van der Waals surface area contributed by atoms with Gasteiger partial charge in [0.1, 0.15) is 0 Å². The van der Waals surface area contributed by atoms with Crippen LogP contribution in [0.25, 0.3) is 0 Å². The number of esters is 2. The number of carbonyl (C=O) groups excluding carboxylic acids is 2. The van der Waals surface area contributed by atoms with Crippen LogP contribution in [-0.2, 0) is 19.1 Å². The van der Waals surface area contributed by atoms with Crippen LogP contribution in [0.1, 0.15) is 65.7 Å². The highest BCUT2D eigenvalue weighted by atomic mass is 16.5. The molecule has 0 aromatic heterocycles. The van der Waals surface area contributed by atoms with Crippen molar-refractivity contribution in [3.05, 3.63) is 22.8 Å². The number of unbranched alkanes of at least 4 members (excludes halogenated alkanes) is 2. The zero-order valence-corrected chi connectivity index (χ0v) is 14.1. The molecule has 0 aliphatic heterocycles. The van der Waals surface area contributed by atoms with Gasteiger partial charge in [-0.2, -0.15) is 0 Å². The Hall–Kier alpha value is -1.58. The summed E-state index contributed by atoms with van der Waals surface area (Å²) in [6.45, 7) is 6.86. The van der Waals surface area contributed by atoms with E-state index >= 15 is 0 Å². The Balaban J connectivity index is 2.88. The van der Waals surface area contributed by atoms with Crippen LogP contribution in [0.15, 0.2) is 22.8 Å². The maximum atomic E-state index is 12.3. The Labute approximate surface area is 133 Å². The summed E-state index contributed by atoms with van der Waals surface area (Å²) in [5, 5.41) is 0. The van der Waals surface area contributed by atoms with Crippen LogP contribution in [0, 0.1) is 0 Å². The van der Waals surface area contributed by atoms with Crippen LogP contribution in [0.5, 0.6) is 0 Å². The Morgan fingerprint density at radius 2 is 1.59 bits per heavy atom. The van der Waals surface area contributed by atoms with Crippen molar-refractivity contribution in [1.82, 2.24) is 0 Å². The molecule has 22 heavy (non-hydrogen) atoms. The van der Waals surface area contributed by atoms with Gasteiger partial charge < -0.3 is 9.47 Å². The summed E-state index contributed by atoms with van der Waals surface area (Å²) in [7, 11) is 0. The van der Waals surface area contributed by atoms with Gasteiger partial charge in [0.05, 0.1) is 24.4 Å². The Morgan fingerprint density at radius 3 is 2.18 bits per heavy atom. The van der Waals surface area contributed by atoms with E-state index in [1.807, 2.05) is 20.8 Å². The first-order valence-electron chi connectivity index (χ1n) is 8.34. The first-order chi connectivity index (χ1) is 10.6. The van der Waals surface area contributed by atoms with Gasteiger partial charge in [-0.1, -0.05) is 32.3 Å². The van der Waals surface area contributed by atoms with Crippen molar-refractivity contribution in [3.63, 3.8) is 0 Å². The molecule has 0 spiro atoms. The molecule has 0 heterocycles. The topological polar surface area (TPSA) is 52.6 Å². The molecule has 0 radical (unpaired) electrons. The van der Waals surface area contributed by atoms with Crippen molar-refractivity contribution < 1.29 is 19.1 Å². The van der Waals surface area contributed by atoms with Gasteiger partial charge in [-0.3, -0.25) is 0 Å². The largest absolute Gasteiger partial charge is 0.462 e. The van der Waals surface area contributed by atoms with E-state index < -0.39 is 5.97 Å². The van der Waals surface area contributed by atoms with Gasteiger partial charge in [-0.05, 0) is 45.1 Å². The summed E-state index contributed by atoms with van der Waals surface area (Å²) < 4.78 is 10.6. The molecule has 0 aromatic rings. The summed E-state index contributed by atoms with van der Waals surface area (Å²) in [6.07, 6.45) is 7.70. The van der Waals surface area contributed by atoms with E-state index in [0.29, 0.717) is 30.8 Å². The first kappa shape index (κ1) is 18.5. The maximum absolute atomic E-state index is 12.3. The van der Waals surface area contributed by atoms with Crippen molar-refractivity contribution in [3.8, 4) is 0 Å². The van der Waals surface area contributed by atoms with Crippen LogP contribution < -0.4 is 0 Å². The van der Waals surface area contributed by atoms with E-state index in [-0.39, 0.29) is 5.97 Å². The van der Waals surface area contributed by atoms with Crippen LogP contribution in [-0.4, -0.2) is 25.2 Å². The van der Waals surface area contributed by atoms with E-state index in [9.17, 15) is 9.59 Å². The molecule has 0 saturated carbocycles. The number of hydrogen-bond donors (Lipinski definition) is 0. The van der Waals surface area contributed by atoms with Gasteiger partial charge >= 0.3 is 11.9 Å². The first-order valence-corrected chi connectivity index (χ1v) is 8.34. The molecule has 0 bridgehead atoms. The number of rotatable bonds is 8. The third-order valence-corrected chi connectivity index (χ3v) is 3.64. The fourth-order valence-electron chi connectivity index (χ4n) is 2.26. The molecule has 0 aromatic carbocycles. The minimum absolute atomic E-state index is 0.373.